The van der Waals surface area contributed by atoms with Crippen molar-refractivity contribution < 1.29 is 9.21 Å². The average Bonchev–Trinajstić information content (AvgIpc) is 3.13. The second-order valence-electron chi connectivity index (χ2n) is 6.32. The molecule has 2 aliphatic heterocycles. The lowest BCUT2D eigenvalue weighted by molar-refractivity contribution is -0.124. The molecule has 1 fully saturated rings. The number of fused-ring (bicyclic) bond motifs is 2. The topological polar surface area (TPSA) is 36.7 Å². The van der Waals surface area contributed by atoms with Crippen LogP contribution in [0.15, 0.2) is 47.1 Å². The predicted molar refractivity (Wildman–Crippen MR) is 84.7 cm³/mol. The molecule has 1 saturated heterocycles. The van der Waals surface area contributed by atoms with Gasteiger partial charge < -0.3 is 9.32 Å². The molecule has 1 amide bonds. The molecule has 2 aliphatic rings. The third-order valence-corrected chi connectivity index (χ3v) is 5.16. The van der Waals surface area contributed by atoms with E-state index in [4.69, 9.17) is 4.42 Å². The summed E-state index contributed by atoms with van der Waals surface area (Å²) in [6, 6.07) is 12.2. The number of hydrogen-bond donors (Lipinski definition) is 0. The summed E-state index contributed by atoms with van der Waals surface area (Å²) < 4.78 is 5.43. The highest BCUT2D eigenvalue weighted by Gasteiger charge is 2.50. The Morgan fingerprint density at radius 3 is 2.64 bits per heavy atom. The number of furan rings is 1. The summed E-state index contributed by atoms with van der Waals surface area (Å²) in [6.07, 6.45) is 3.48. The third kappa shape index (κ3) is 1.91. The van der Waals surface area contributed by atoms with E-state index in [1.54, 1.807) is 6.26 Å². The fourth-order valence-electron chi connectivity index (χ4n) is 3.92. The molecule has 1 aromatic carbocycles. The first-order chi connectivity index (χ1) is 10.7. The second kappa shape index (κ2) is 4.99. The number of benzene rings is 1. The van der Waals surface area contributed by atoms with Crippen molar-refractivity contribution in [1.82, 2.24) is 4.90 Å². The summed E-state index contributed by atoms with van der Waals surface area (Å²) in [5.74, 6) is 1.25. The molecule has 0 aliphatic carbocycles. The fourth-order valence-corrected chi connectivity index (χ4v) is 3.92. The van der Waals surface area contributed by atoms with Gasteiger partial charge in [-0.15, -0.1) is 0 Å². The predicted octanol–water partition coefficient (Wildman–Crippen LogP) is 2.79. The Morgan fingerprint density at radius 2 is 1.91 bits per heavy atom. The number of likely N-dealkylation sites (tertiary alicyclic amines) is 1. The standard InChI is InChI=1S/C18H20N2O2/c1-19-16-7-3-2-6-15(16)18(17(19)21)8-10-20(11-9-18)13-14-5-4-12-22-14/h2-7,12H,8-11,13H2,1H3. The summed E-state index contributed by atoms with van der Waals surface area (Å²) in [4.78, 5) is 17.1. The maximum Gasteiger partial charge on any atom is 0.237 e. The molecule has 4 rings (SSSR count). The Kier molecular flexibility index (Phi) is 3.08. The molecule has 22 heavy (non-hydrogen) atoms. The zero-order chi connectivity index (χ0) is 15.2. The first-order valence-electron chi connectivity index (χ1n) is 7.83. The van der Waals surface area contributed by atoms with Gasteiger partial charge in [-0.25, -0.2) is 0 Å². The minimum Gasteiger partial charge on any atom is -0.468 e. The van der Waals surface area contributed by atoms with Gasteiger partial charge >= 0.3 is 0 Å². The maximum atomic E-state index is 12.9. The molecule has 4 heteroatoms. The van der Waals surface area contributed by atoms with Crippen molar-refractivity contribution in [3.8, 4) is 0 Å². The number of para-hydroxylation sites is 1. The van der Waals surface area contributed by atoms with Gasteiger partial charge in [-0.1, -0.05) is 18.2 Å². The molecule has 0 N–H and O–H groups in total. The number of anilines is 1. The summed E-state index contributed by atoms with van der Waals surface area (Å²) in [5, 5.41) is 0. The molecule has 1 spiro atoms. The normalized spacial score (nSPS) is 20.6. The van der Waals surface area contributed by atoms with Gasteiger partial charge in [0.2, 0.25) is 5.91 Å². The number of piperidine rings is 1. The first kappa shape index (κ1) is 13.6. The van der Waals surface area contributed by atoms with Crippen molar-refractivity contribution >= 4 is 11.6 Å². The number of likely N-dealkylation sites (N-methyl/N-ethyl adjacent to an activating group) is 1. The average molecular weight is 296 g/mol. The van der Waals surface area contributed by atoms with Crippen molar-refractivity contribution in [3.63, 3.8) is 0 Å². The summed E-state index contributed by atoms with van der Waals surface area (Å²) >= 11 is 0. The smallest absolute Gasteiger partial charge is 0.237 e. The Labute approximate surface area is 130 Å². The van der Waals surface area contributed by atoms with E-state index >= 15 is 0 Å². The highest BCUT2D eigenvalue weighted by Crippen LogP contribution is 2.47. The second-order valence-corrected chi connectivity index (χ2v) is 6.32. The van der Waals surface area contributed by atoms with Crippen molar-refractivity contribution in [1.29, 1.82) is 0 Å². The third-order valence-electron chi connectivity index (χ3n) is 5.16. The molecule has 1 aromatic heterocycles. The lowest BCUT2D eigenvalue weighted by atomic mass is 9.73. The molecular formula is C18H20N2O2. The van der Waals surface area contributed by atoms with Gasteiger partial charge in [0, 0.05) is 12.7 Å². The lowest BCUT2D eigenvalue weighted by Gasteiger charge is -2.38. The number of carbonyl (C=O) groups is 1. The van der Waals surface area contributed by atoms with Crippen LogP contribution in [0, 0.1) is 0 Å². The van der Waals surface area contributed by atoms with E-state index in [0.717, 1.165) is 43.9 Å². The van der Waals surface area contributed by atoms with Gasteiger partial charge in [0.1, 0.15) is 5.76 Å². The minimum absolute atomic E-state index is 0.256. The molecule has 0 unspecified atom stereocenters. The number of hydrogen-bond acceptors (Lipinski definition) is 3. The van der Waals surface area contributed by atoms with Gasteiger partial charge in [-0.05, 0) is 49.7 Å². The Morgan fingerprint density at radius 1 is 1.14 bits per heavy atom. The molecule has 0 saturated carbocycles. The van der Waals surface area contributed by atoms with Crippen LogP contribution >= 0.6 is 0 Å². The Hall–Kier alpha value is -2.07. The summed E-state index contributed by atoms with van der Waals surface area (Å²) in [5.41, 5.74) is 1.97. The molecule has 0 atom stereocenters. The van der Waals surface area contributed by atoms with Crippen LogP contribution < -0.4 is 4.90 Å². The Balaban J connectivity index is 1.56. The van der Waals surface area contributed by atoms with Gasteiger partial charge in [0.15, 0.2) is 0 Å². The molecule has 2 aromatic rings. The molecule has 0 bridgehead atoms. The number of rotatable bonds is 2. The van der Waals surface area contributed by atoms with Gasteiger partial charge in [0.25, 0.3) is 0 Å². The molecule has 0 radical (unpaired) electrons. The highest BCUT2D eigenvalue weighted by molar-refractivity contribution is 6.07. The number of nitrogens with zero attached hydrogens (tertiary/aromatic N) is 2. The molecular weight excluding hydrogens is 276 g/mol. The molecule has 114 valence electrons. The fraction of sp³-hybridized carbons (Fsp3) is 0.389. The van der Waals surface area contributed by atoms with Crippen LogP contribution in [-0.2, 0) is 16.8 Å². The Bertz CT molecular complexity index is 685. The van der Waals surface area contributed by atoms with E-state index in [-0.39, 0.29) is 11.3 Å². The van der Waals surface area contributed by atoms with Crippen molar-refractivity contribution in [2.45, 2.75) is 24.8 Å². The van der Waals surface area contributed by atoms with E-state index in [2.05, 4.69) is 17.0 Å². The van der Waals surface area contributed by atoms with E-state index in [0.29, 0.717) is 0 Å². The van der Waals surface area contributed by atoms with Crippen LogP contribution in [0.25, 0.3) is 0 Å². The van der Waals surface area contributed by atoms with Crippen LogP contribution in [0.3, 0.4) is 0 Å². The number of carbonyl (C=O) groups excluding carboxylic acids is 1. The lowest BCUT2D eigenvalue weighted by Crippen LogP contribution is -2.47. The molecule has 4 nitrogen and oxygen atoms in total. The van der Waals surface area contributed by atoms with E-state index in [9.17, 15) is 4.79 Å². The van der Waals surface area contributed by atoms with Crippen LogP contribution in [-0.4, -0.2) is 30.9 Å². The van der Waals surface area contributed by atoms with Crippen LogP contribution in [0.5, 0.6) is 0 Å². The van der Waals surface area contributed by atoms with E-state index < -0.39 is 0 Å². The maximum absolute atomic E-state index is 12.9. The largest absolute Gasteiger partial charge is 0.468 e. The first-order valence-corrected chi connectivity index (χ1v) is 7.83. The van der Waals surface area contributed by atoms with Gasteiger partial charge in [-0.3, -0.25) is 9.69 Å². The van der Waals surface area contributed by atoms with E-state index in [1.165, 1.54) is 5.56 Å². The van der Waals surface area contributed by atoms with Crippen LogP contribution in [0.1, 0.15) is 24.2 Å². The summed E-state index contributed by atoms with van der Waals surface area (Å²) in [6.45, 7) is 2.68. The highest BCUT2D eigenvalue weighted by atomic mass is 16.3. The van der Waals surface area contributed by atoms with E-state index in [1.807, 2.05) is 36.2 Å². The van der Waals surface area contributed by atoms with Gasteiger partial charge in [-0.2, -0.15) is 0 Å². The number of amides is 1. The zero-order valence-electron chi connectivity index (χ0n) is 12.8. The molecule has 3 heterocycles. The SMILES string of the molecule is CN1C(=O)C2(CCN(Cc3ccco3)CC2)c2ccccc21. The van der Waals surface area contributed by atoms with Crippen molar-refractivity contribution in [2.75, 3.05) is 25.0 Å². The van der Waals surface area contributed by atoms with Gasteiger partial charge in [0.05, 0.1) is 18.2 Å². The zero-order valence-corrected chi connectivity index (χ0v) is 12.8. The van der Waals surface area contributed by atoms with Crippen molar-refractivity contribution in [2.24, 2.45) is 0 Å². The monoisotopic (exact) mass is 296 g/mol. The van der Waals surface area contributed by atoms with Crippen molar-refractivity contribution in [3.05, 3.63) is 54.0 Å². The van der Waals surface area contributed by atoms with Crippen LogP contribution in [0.4, 0.5) is 5.69 Å². The quantitative estimate of drug-likeness (QED) is 0.855. The van der Waals surface area contributed by atoms with Crippen LogP contribution in [0.2, 0.25) is 0 Å². The summed E-state index contributed by atoms with van der Waals surface area (Å²) in [7, 11) is 1.89. The minimum atomic E-state index is -0.314.